The van der Waals surface area contributed by atoms with E-state index >= 15 is 0 Å². The van der Waals surface area contributed by atoms with Gasteiger partial charge in [-0.3, -0.25) is 9.59 Å². The zero-order chi connectivity index (χ0) is 22.1. The molecule has 2 aromatic rings. The van der Waals surface area contributed by atoms with E-state index in [9.17, 15) is 9.59 Å². The van der Waals surface area contributed by atoms with E-state index in [2.05, 4.69) is 22.5 Å². The number of carbonyl (C=O) groups excluding carboxylic acids is 2. The van der Waals surface area contributed by atoms with Crippen LogP contribution in [0.3, 0.4) is 0 Å². The zero-order valence-electron chi connectivity index (χ0n) is 17.8. The summed E-state index contributed by atoms with van der Waals surface area (Å²) in [7, 11) is 0. The van der Waals surface area contributed by atoms with Crippen molar-refractivity contribution in [2.24, 2.45) is 0 Å². The van der Waals surface area contributed by atoms with Crippen LogP contribution in [0.5, 0.6) is 5.75 Å². The maximum Gasteiger partial charge on any atom is 0.251 e. The highest BCUT2D eigenvalue weighted by atomic mass is 16.5. The molecule has 1 saturated heterocycles. The molecule has 3 N–H and O–H groups in total. The van der Waals surface area contributed by atoms with Crippen molar-refractivity contribution in [3.8, 4) is 5.75 Å². The Morgan fingerprint density at radius 2 is 1.94 bits per heavy atom. The number of hydrogen-bond acceptors (Lipinski definition) is 5. The van der Waals surface area contributed by atoms with Crippen LogP contribution in [0.2, 0.25) is 0 Å². The molecule has 2 aromatic carbocycles. The lowest BCUT2D eigenvalue weighted by molar-refractivity contribution is -0.114. The fraction of sp³-hybridized carbons (Fsp3) is 0.333. The lowest BCUT2D eigenvalue weighted by atomic mass is 10.2. The van der Waals surface area contributed by atoms with Crippen LogP contribution >= 0.6 is 0 Å². The van der Waals surface area contributed by atoms with Gasteiger partial charge in [0.1, 0.15) is 12.4 Å². The van der Waals surface area contributed by atoms with Gasteiger partial charge in [0.15, 0.2) is 0 Å². The predicted octanol–water partition coefficient (Wildman–Crippen LogP) is 3.60. The van der Waals surface area contributed by atoms with E-state index in [1.807, 2.05) is 31.2 Å². The normalized spacial score (nSPS) is 15.2. The van der Waals surface area contributed by atoms with Gasteiger partial charge in [-0.15, -0.1) is 0 Å². The van der Waals surface area contributed by atoms with E-state index in [1.165, 1.54) is 0 Å². The standard InChI is InChI=1S/C24H29N3O4/c1-17(2)16-31-22-8-4-3-7-21(22)25-15-23(28)27-19-11-9-18(10-12-19)24(29)26-14-20-6-5-13-30-20/h3-4,7-12,20,25H,1,5-6,13-16H2,2H3,(H,26,29)(H,27,28). The van der Waals surface area contributed by atoms with Crippen molar-refractivity contribution in [1.82, 2.24) is 5.32 Å². The van der Waals surface area contributed by atoms with E-state index in [1.54, 1.807) is 24.3 Å². The summed E-state index contributed by atoms with van der Waals surface area (Å²) in [6.07, 6.45) is 2.12. The van der Waals surface area contributed by atoms with Crippen molar-refractivity contribution >= 4 is 23.2 Å². The van der Waals surface area contributed by atoms with Crippen molar-refractivity contribution in [2.45, 2.75) is 25.9 Å². The molecule has 3 rings (SSSR count). The number of nitrogens with one attached hydrogen (secondary N) is 3. The van der Waals surface area contributed by atoms with Gasteiger partial charge >= 0.3 is 0 Å². The average molecular weight is 424 g/mol. The third-order valence-electron chi connectivity index (χ3n) is 4.75. The fourth-order valence-electron chi connectivity index (χ4n) is 3.14. The molecule has 0 bridgehead atoms. The molecule has 2 amide bonds. The number of benzene rings is 2. The summed E-state index contributed by atoms with van der Waals surface area (Å²) < 4.78 is 11.2. The Balaban J connectivity index is 1.46. The van der Waals surface area contributed by atoms with Crippen molar-refractivity contribution in [2.75, 3.05) is 36.9 Å². The van der Waals surface area contributed by atoms with E-state index in [4.69, 9.17) is 9.47 Å². The molecule has 0 radical (unpaired) electrons. The molecule has 7 heteroatoms. The molecule has 0 spiro atoms. The van der Waals surface area contributed by atoms with Crippen molar-refractivity contribution in [3.63, 3.8) is 0 Å². The molecule has 0 aliphatic carbocycles. The summed E-state index contributed by atoms with van der Waals surface area (Å²) in [5.74, 6) is 0.309. The molecule has 1 aliphatic heterocycles. The van der Waals surface area contributed by atoms with Gasteiger partial charge in [0.05, 0.1) is 18.3 Å². The van der Waals surface area contributed by atoms with Gasteiger partial charge in [0.2, 0.25) is 5.91 Å². The first kappa shape index (κ1) is 22.4. The Kier molecular flexibility index (Phi) is 8.06. The van der Waals surface area contributed by atoms with Crippen LogP contribution in [-0.2, 0) is 9.53 Å². The highest BCUT2D eigenvalue weighted by molar-refractivity contribution is 5.96. The SMILES string of the molecule is C=C(C)COc1ccccc1NCC(=O)Nc1ccc(C(=O)NCC2CCCO2)cc1. The fourth-order valence-corrected chi connectivity index (χ4v) is 3.14. The lowest BCUT2D eigenvalue weighted by Gasteiger charge is -2.13. The Hall–Kier alpha value is -3.32. The second-order valence-electron chi connectivity index (χ2n) is 7.57. The molecule has 1 unspecified atom stereocenters. The maximum absolute atomic E-state index is 12.3. The van der Waals surface area contributed by atoms with Crippen LogP contribution < -0.4 is 20.7 Å². The van der Waals surface area contributed by atoms with Crippen LogP contribution in [0.1, 0.15) is 30.1 Å². The minimum atomic E-state index is -0.203. The second kappa shape index (κ2) is 11.2. The van der Waals surface area contributed by atoms with Crippen LogP contribution in [0.25, 0.3) is 0 Å². The molecule has 0 saturated carbocycles. The Labute approximate surface area is 182 Å². The molecule has 7 nitrogen and oxygen atoms in total. The number of para-hydroxylation sites is 2. The zero-order valence-corrected chi connectivity index (χ0v) is 17.8. The molecular weight excluding hydrogens is 394 g/mol. The maximum atomic E-state index is 12.3. The highest BCUT2D eigenvalue weighted by Crippen LogP contribution is 2.24. The van der Waals surface area contributed by atoms with E-state index in [0.29, 0.717) is 30.2 Å². The number of hydrogen-bond donors (Lipinski definition) is 3. The monoisotopic (exact) mass is 423 g/mol. The number of anilines is 2. The van der Waals surface area contributed by atoms with Gasteiger partial charge in [-0.05, 0) is 61.7 Å². The summed E-state index contributed by atoms with van der Waals surface area (Å²) >= 11 is 0. The van der Waals surface area contributed by atoms with E-state index in [-0.39, 0.29) is 24.5 Å². The quantitative estimate of drug-likeness (QED) is 0.508. The first-order valence-corrected chi connectivity index (χ1v) is 10.4. The molecule has 1 heterocycles. The first-order chi connectivity index (χ1) is 15.0. The summed E-state index contributed by atoms with van der Waals surface area (Å²) in [6.45, 7) is 7.49. The van der Waals surface area contributed by atoms with E-state index in [0.717, 1.165) is 30.7 Å². The number of rotatable bonds is 10. The third kappa shape index (κ3) is 7.15. The van der Waals surface area contributed by atoms with Crippen LogP contribution in [-0.4, -0.2) is 44.2 Å². The molecular formula is C24H29N3O4. The molecule has 164 valence electrons. The number of ether oxygens (including phenoxy) is 2. The summed E-state index contributed by atoms with van der Waals surface area (Å²) in [4.78, 5) is 24.5. The number of carbonyl (C=O) groups is 2. The summed E-state index contributed by atoms with van der Waals surface area (Å²) in [5.41, 5.74) is 2.81. The minimum Gasteiger partial charge on any atom is -0.487 e. The molecule has 31 heavy (non-hydrogen) atoms. The van der Waals surface area contributed by atoms with Crippen molar-refractivity contribution < 1.29 is 19.1 Å². The van der Waals surface area contributed by atoms with Crippen LogP contribution in [0.15, 0.2) is 60.7 Å². The summed E-state index contributed by atoms with van der Waals surface area (Å²) in [5, 5.41) is 8.79. The molecule has 1 aliphatic rings. The van der Waals surface area contributed by atoms with Crippen molar-refractivity contribution in [3.05, 3.63) is 66.2 Å². The lowest BCUT2D eigenvalue weighted by Crippen LogP contribution is -2.31. The Bertz CT molecular complexity index is 905. The Morgan fingerprint density at radius 1 is 1.16 bits per heavy atom. The van der Waals surface area contributed by atoms with Gasteiger partial charge in [0.25, 0.3) is 5.91 Å². The molecule has 1 fully saturated rings. The smallest absolute Gasteiger partial charge is 0.251 e. The molecule has 1 atom stereocenters. The Morgan fingerprint density at radius 3 is 2.65 bits per heavy atom. The minimum absolute atomic E-state index is 0.0804. The highest BCUT2D eigenvalue weighted by Gasteiger charge is 2.16. The summed E-state index contributed by atoms with van der Waals surface area (Å²) in [6, 6.07) is 14.2. The van der Waals surface area contributed by atoms with Gasteiger partial charge in [-0.2, -0.15) is 0 Å². The largest absolute Gasteiger partial charge is 0.487 e. The van der Waals surface area contributed by atoms with Gasteiger partial charge in [-0.25, -0.2) is 0 Å². The second-order valence-corrected chi connectivity index (χ2v) is 7.57. The molecule has 0 aromatic heterocycles. The van der Waals surface area contributed by atoms with Crippen LogP contribution in [0, 0.1) is 0 Å². The third-order valence-corrected chi connectivity index (χ3v) is 4.75. The first-order valence-electron chi connectivity index (χ1n) is 10.4. The van der Waals surface area contributed by atoms with Gasteiger partial charge in [0, 0.05) is 24.4 Å². The topological polar surface area (TPSA) is 88.7 Å². The average Bonchev–Trinajstić information content (AvgIpc) is 3.29. The number of amides is 2. The van der Waals surface area contributed by atoms with Crippen LogP contribution in [0.4, 0.5) is 11.4 Å². The van der Waals surface area contributed by atoms with E-state index < -0.39 is 0 Å². The predicted molar refractivity (Wildman–Crippen MR) is 122 cm³/mol. The van der Waals surface area contributed by atoms with Gasteiger partial charge in [-0.1, -0.05) is 18.7 Å². The van der Waals surface area contributed by atoms with Crippen molar-refractivity contribution in [1.29, 1.82) is 0 Å². The van der Waals surface area contributed by atoms with Gasteiger partial charge < -0.3 is 25.4 Å².